The van der Waals surface area contributed by atoms with Crippen molar-refractivity contribution in [2.45, 2.75) is 12.8 Å². The summed E-state index contributed by atoms with van der Waals surface area (Å²) in [5.74, 6) is -0.417. The normalized spacial score (nSPS) is 10.1. The van der Waals surface area contributed by atoms with Gasteiger partial charge in [-0.3, -0.25) is 9.59 Å². The fraction of sp³-hybridized carbons (Fsp3) is 0.158. The predicted molar refractivity (Wildman–Crippen MR) is 97.4 cm³/mol. The van der Waals surface area contributed by atoms with Crippen LogP contribution in [0.4, 0.5) is 0 Å². The van der Waals surface area contributed by atoms with Gasteiger partial charge in [0.25, 0.3) is 0 Å². The molecule has 0 saturated carbocycles. The van der Waals surface area contributed by atoms with Crippen LogP contribution in [0.3, 0.4) is 0 Å². The number of nitrogens with zero attached hydrogens (tertiary/aromatic N) is 1. The molecule has 0 fully saturated rings. The van der Waals surface area contributed by atoms with Crippen LogP contribution in [0, 0.1) is 0 Å². The molecule has 1 aromatic heterocycles. The predicted octanol–water partition coefficient (Wildman–Crippen LogP) is 3.91. The van der Waals surface area contributed by atoms with E-state index in [4.69, 9.17) is 4.74 Å². The maximum Gasteiger partial charge on any atom is 0.311 e. The number of hydrogen-bond donors (Lipinski definition) is 0. The van der Waals surface area contributed by atoms with Crippen LogP contribution in [-0.4, -0.2) is 23.6 Å². The third kappa shape index (κ3) is 4.19. The smallest absolute Gasteiger partial charge is 0.311 e. The van der Waals surface area contributed by atoms with Crippen LogP contribution in [0.25, 0.3) is 16.6 Å². The number of esters is 2. The number of aromatic nitrogens is 1. The summed E-state index contributed by atoms with van der Waals surface area (Å²) in [6, 6.07) is 17.5. The molecule has 1 heterocycles. The molecule has 0 saturated heterocycles. The number of benzene rings is 2. The number of para-hydroxylation sites is 2. The molecule has 25 heavy (non-hydrogen) atoms. The molecular weight excluding hydrogens is 342 g/mol. The minimum Gasteiger partial charge on any atom is -0.469 e. The second-order valence-corrected chi connectivity index (χ2v) is 5.27. The molecule has 0 atom stereocenters. The van der Waals surface area contributed by atoms with Gasteiger partial charge in [-0.2, -0.15) is 0 Å². The Bertz CT molecular complexity index is 874. The van der Waals surface area contributed by atoms with Crippen molar-refractivity contribution < 1.29 is 19.1 Å². The molecule has 0 spiro atoms. The zero-order valence-corrected chi connectivity index (χ0v) is 14.5. The highest BCUT2D eigenvalue weighted by atomic mass is 35.5. The van der Waals surface area contributed by atoms with Crippen molar-refractivity contribution in [2.24, 2.45) is 0 Å². The summed E-state index contributed by atoms with van der Waals surface area (Å²) in [4.78, 5) is 23.1. The average molecular weight is 360 g/mol. The maximum atomic E-state index is 12.0. The highest BCUT2D eigenvalue weighted by molar-refractivity contribution is 5.91. The summed E-state index contributed by atoms with van der Waals surface area (Å²) < 4.78 is 12.0. The van der Waals surface area contributed by atoms with Crippen molar-refractivity contribution in [1.82, 2.24) is 4.57 Å². The topological polar surface area (TPSA) is 57.5 Å². The zero-order chi connectivity index (χ0) is 16.9. The Kier molecular flexibility index (Phi) is 6.19. The number of fused-ring (bicyclic) bond motifs is 1. The van der Waals surface area contributed by atoms with E-state index in [9.17, 15) is 9.59 Å². The average Bonchev–Trinajstić information content (AvgIpc) is 2.99. The molecule has 2 aromatic carbocycles. The first kappa shape index (κ1) is 18.5. The van der Waals surface area contributed by atoms with E-state index in [-0.39, 0.29) is 25.2 Å². The lowest BCUT2D eigenvalue weighted by atomic mass is 10.2. The molecule has 6 heteroatoms. The standard InChI is InChI=1S/C19H17NO4.ClH/c1-23-18(21)11-12-19(22)24-17-13-20(14-7-3-2-4-8-14)16-10-6-5-9-15(16)17;/h2-10,13H,11-12H2,1H3;1H. The van der Waals surface area contributed by atoms with E-state index in [1.165, 1.54) is 7.11 Å². The summed E-state index contributed by atoms with van der Waals surface area (Å²) in [6.07, 6.45) is 1.78. The second-order valence-electron chi connectivity index (χ2n) is 5.27. The molecule has 0 aliphatic heterocycles. The number of rotatable bonds is 5. The van der Waals surface area contributed by atoms with E-state index in [1.54, 1.807) is 6.20 Å². The fourth-order valence-corrected chi connectivity index (χ4v) is 2.51. The van der Waals surface area contributed by atoms with E-state index >= 15 is 0 Å². The summed E-state index contributed by atoms with van der Waals surface area (Å²) in [5.41, 5.74) is 1.92. The molecule has 0 N–H and O–H groups in total. The van der Waals surface area contributed by atoms with Gasteiger partial charge in [0, 0.05) is 11.1 Å². The quantitative estimate of drug-likeness (QED) is 0.648. The van der Waals surface area contributed by atoms with Crippen LogP contribution in [0.2, 0.25) is 0 Å². The molecule has 0 aliphatic carbocycles. The third-order valence-corrected chi connectivity index (χ3v) is 3.69. The fourth-order valence-electron chi connectivity index (χ4n) is 2.51. The molecule has 0 unspecified atom stereocenters. The first-order chi connectivity index (χ1) is 11.7. The van der Waals surface area contributed by atoms with E-state index in [1.807, 2.05) is 59.2 Å². The first-order valence-corrected chi connectivity index (χ1v) is 7.62. The van der Waals surface area contributed by atoms with Gasteiger partial charge in [0.2, 0.25) is 0 Å². The van der Waals surface area contributed by atoms with Crippen molar-refractivity contribution in [3.8, 4) is 11.4 Å². The molecule has 0 aliphatic rings. The number of hydrogen-bond acceptors (Lipinski definition) is 4. The summed E-state index contributed by atoms with van der Waals surface area (Å²) in [6.45, 7) is 0. The molecule has 0 bridgehead atoms. The van der Waals surface area contributed by atoms with Gasteiger partial charge in [0.1, 0.15) is 0 Å². The Morgan fingerprint density at radius 3 is 2.28 bits per heavy atom. The van der Waals surface area contributed by atoms with Crippen molar-refractivity contribution in [1.29, 1.82) is 0 Å². The van der Waals surface area contributed by atoms with Crippen LogP contribution in [0.15, 0.2) is 60.8 Å². The molecule has 5 nitrogen and oxygen atoms in total. The minimum absolute atomic E-state index is 0. The lowest BCUT2D eigenvalue weighted by Gasteiger charge is -2.03. The third-order valence-electron chi connectivity index (χ3n) is 3.69. The van der Waals surface area contributed by atoms with E-state index in [0.29, 0.717) is 5.75 Å². The molecule has 3 rings (SSSR count). The SMILES string of the molecule is COC(=O)CCC(=O)Oc1cn(-c2ccccc2)c2ccccc12.Cl. The Labute approximate surface area is 151 Å². The van der Waals surface area contributed by atoms with Gasteiger partial charge >= 0.3 is 11.9 Å². The Hall–Kier alpha value is -2.79. The van der Waals surface area contributed by atoms with Crippen LogP contribution in [-0.2, 0) is 14.3 Å². The van der Waals surface area contributed by atoms with Crippen molar-refractivity contribution in [3.63, 3.8) is 0 Å². The van der Waals surface area contributed by atoms with Gasteiger partial charge in [0.15, 0.2) is 5.75 Å². The second kappa shape index (κ2) is 8.35. The van der Waals surface area contributed by atoms with Gasteiger partial charge < -0.3 is 14.0 Å². The van der Waals surface area contributed by atoms with Crippen LogP contribution >= 0.6 is 12.4 Å². The molecular formula is C19H18ClNO4. The van der Waals surface area contributed by atoms with Crippen molar-refractivity contribution in [2.75, 3.05) is 7.11 Å². The Morgan fingerprint density at radius 2 is 1.56 bits per heavy atom. The molecule has 130 valence electrons. The largest absolute Gasteiger partial charge is 0.469 e. The Balaban J connectivity index is 0.00000225. The van der Waals surface area contributed by atoms with Crippen LogP contribution < -0.4 is 4.74 Å². The number of halogens is 1. The number of carbonyl (C=O) groups is 2. The number of methoxy groups -OCH3 is 1. The van der Waals surface area contributed by atoms with Crippen LogP contribution in [0.1, 0.15) is 12.8 Å². The van der Waals surface area contributed by atoms with Gasteiger partial charge in [-0.05, 0) is 24.3 Å². The van der Waals surface area contributed by atoms with E-state index in [2.05, 4.69) is 4.74 Å². The van der Waals surface area contributed by atoms with E-state index < -0.39 is 11.9 Å². The van der Waals surface area contributed by atoms with Gasteiger partial charge in [-0.1, -0.05) is 30.3 Å². The van der Waals surface area contributed by atoms with Gasteiger partial charge in [-0.15, -0.1) is 12.4 Å². The summed E-state index contributed by atoms with van der Waals surface area (Å²) in [5, 5.41) is 0.841. The lowest BCUT2D eigenvalue weighted by molar-refractivity contribution is -0.144. The van der Waals surface area contributed by atoms with E-state index in [0.717, 1.165) is 16.6 Å². The maximum absolute atomic E-state index is 12.0. The van der Waals surface area contributed by atoms with Crippen molar-refractivity contribution >= 4 is 35.2 Å². The lowest BCUT2D eigenvalue weighted by Crippen LogP contribution is -2.11. The monoisotopic (exact) mass is 359 g/mol. The number of carbonyl (C=O) groups excluding carboxylic acids is 2. The molecule has 0 radical (unpaired) electrons. The zero-order valence-electron chi connectivity index (χ0n) is 13.7. The first-order valence-electron chi connectivity index (χ1n) is 7.62. The summed E-state index contributed by atoms with van der Waals surface area (Å²) >= 11 is 0. The van der Waals surface area contributed by atoms with Gasteiger partial charge in [0.05, 0.1) is 31.7 Å². The van der Waals surface area contributed by atoms with Crippen LogP contribution in [0.5, 0.6) is 5.75 Å². The summed E-state index contributed by atoms with van der Waals surface area (Å²) in [7, 11) is 1.29. The highest BCUT2D eigenvalue weighted by Crippen LogP contribution is 2.30. The Morgan fingerprint density at radius 1 is 0.920 bits per heavy atom. The molecule has 0 amide bonds. The minimum atomic E-state index is -0.462. The highest BCUT2D eigenvalue weighted by Gasteiger charge is 2.15. The molecule has 3 aromatic rings. The van der Waals surface area contributed by atoms with Gasteiger partial charge in [-0.25, -0.2) is 0 Å². The van der Waals surface area contributed by atoms with Crippen molar-refractivity contribution in [3.05, 3.63) is 60.8 Å². The number of ether oxygens (including phenoxy) is 2.